The molecule has 1 aliphatic carbocycles. The van der Waals surface area contributed by atoms with Gasteiger partial charge in [0.05, 0.1) is 5.60 Å². The number of rotatable bonds is 5. The Balaban J connectivity index is 2.06. The number of aryl methyl sites for hydroxylation is 1. The normalized spacial score (nSPS) is 17.7. The summed E-state index contributed by atoms with van der Waals surface area (Å²) in [5.41, 5.74) is 3.35. The van der Waals surface area contributed by atoms with Crippen molar-refractivity contribution in [1.82, 2.24) is 5.32 Å². The summed E-state index contributed by atoms with van der Waals surface area (Å²) < 4.78 is 0. The number of nitrogens with one attached hydrogen (secondary N) is 1. The van der Waals surface area contributed by atoms with Crippen LogP contribution in [0.2, 0.25) is 0 Å². The lowest BCUT2D eigenvalue weighted by Gasteiger charge is -2.30. The predicted molar refractivity (Wildman–Crippen MR) is 80.6 cm³/mol. The lowest BCUT2D eigenvalue weighted by Crippen LogP contribution is -2.39. The van der Waals surface area contributed by atoms with Gasteiger partial charge in [-0.3, -0.25) is 0 Å². The number of likely N-dealkylation sites (N-methyl/N-ethyl adjacent to an activating group) is 1. The smallest absolute Gasteiger partial charge is 0.0821 e. The first kappa shape index (κ1) is 14.4. The van der Waals surface area contributed by atoms with Crippen LogP contribution in [0.4, 0.5) is 5.69 Å². The van der Waals surface area contributed by atoms with E-state index in [1.54, 1.807) is 0 Å². The van der Waals surface area contributed by atoms with Crippen LogP contribution in [0.1, 0.15) is 36.8 Å². The van der Waals surface area contributed by atoms with E-state index >= 15 is 0 Å². The molecule has 3 nitrogen and oxygen atoms in total. The van der Waals surface area contributed by atoms with Crippen molar-refractivity contribution >= 4 is 5.69 Å². The van der Waals surface area contributed by atoms with Gasteiger partial charge in [-0.25, -0.2) is 0 Å². The molecule has 0 heterocycles. The summed E-state index contributed by atoms with van der Waals surface area (Å²) in [5, 5.41) is 13.7. The molecule has 19 heavy (non-hydrogen) atoms. The van der Waals surface area contributed by atoms with Gasteiger partial charge in [0.2, 0.25) is 0 Å². The predicted octanol–water partition coefficient (Wildman–Crippen LogP) is 2.46. The molecule has 0 aliphatic heterocycles. The summed E-state index contributed by atoms with van der Waals surface area (Å²) in [4.78, 5) is 2.18. The van der Waals surface area contributed by atoms with Crippen molar-refractivity contribution in [3.63, 3.8) is 0 Å². The molecular formula is C16H26N2O. The number of anilines is 1. The summed E-state index contributed by atoms with van der Waals surface area (Å²) in [6.45, 7) is 3.78. The molecule has 0 atom stereocenters. The number of hydrogen-bond acceptors (Lipinski definition) is 3. The maximum absolute atomic E-state index is 10.5. The quantitative estimate of drug-likeness (QED) is 0.855. The average molecular weight is 262 g/mol. The molecule has 0 aromatic heterocycles. The van der Waals surface area contributed by atoms with E-state index in [1.165, 1.54) is 16.8 Å². The minimum Gasteiger partial charge on any atom is -0.388 e. The third-order valence-corrected chi connectivity index (χ3v) is 4.20. The van der Waals surface area contributed by atoms with E-state index in [9.17, 15) is 5.11 Å². The Kier molecular flexibility index (Phi) is 4.48. The van der Waals surface area contributed by atoms with E-state index in [4.69, 9.17) is 0 Å². The second-order valence-corrected chi connectivity index (χ2v) is 5.93. The van der Waals surface area contributed by atoms with E-state index in [0.717, 1.165) is 38.8 Å². The highest BCUT2D eigenvalue weighted by atomic mass is 16.3. The van der Waals surface area contributed by atoms with E-state index in [0.29, 0.717) is 0 Å². The fourth-order valence-corrected chi connectivity index (χ4v) is 3.03. The standard InChI is InChI=1S/C16H26N2O/c1-13-10-15(7-6-14(13)11-17-2)18(3)12-16(19)8-4-5-9-16/h6-7,10,17,19H,4-5,8-9,11-12H2,1-3H3. The van der Waals surface area contributed by atoms with Gasteiger partial charge in [0.15, 0.2) is 0 Å². The van der Waals surface area contributed by atoms with Crippen LogP contribution < -0.4 is 10.2 Å². The Morgan fingerprint density at radius 3 is 2.58 bits per heavy atom. The minimum absolute atomic E-state index is 0.480. The molecule has 0 spiro atoms. The Morgan fingerprint density at radius 1 is 1.32 bits per heavy atom. The third kappa shape index (κ3) is 3.48. The molecule has 0 amide bonds. The number of nitrogens with zero attached hydrogens (tertiary/aromatic N) is 1. The zero-order chi connectivity index (χ0) is 13.9. The van der Waals surface area contributed by atoms with Crippen LogP contribution in [0.15, 0.2) is 18.2 Å². The molecule has 1 saturated carbocycles. The SMILES string of the molecule is CNCc1ccc(N(C)CC2(O)CCCC2)cc1C. The van der Waals surface area contributed by atoms with E-state index in [-0.39, 0.29) is 0 Å². The van der Waals surface area contributed by atoms with E-state index < -0.39 is 5.60 Å². The highest BCUT2D eigenvalue weighted by molar-refractivity contribution is 5.50. The van der Waals surface area contributed by atoms with Crippen LogP contribution in [0.25, 0.3) is 0 Å². The highest BCUT2D eigenvalue weighted by Gasteiger charge is 2.32. The second-order valence-electron chi connectivity index (χ2n) is 5.93. The van der Waals surface area contributed by atoms with Crippen LogP contribution in [-0.2, 0) is 6.54 Å². The molecule has 0 saturated heterocycles. The molecular weight excluding hydrogens is 236 g/mol. The second kappa shape index (κ2) is 5.93. The molecule has 1 aromatic rings. The van der Waals surface area contributed by atoms with Crippen molar-refractivity contribution in [2.45, 2.75) is 44.8 Å². The lowest BCUT2D eigenvalue weighted by molar-refractivity contribution is 0.0559. The van der Waals surface area contributed by atoms with Crippen LogP contribution >= 0.6 is 0 Å². The first-order valence-corrected chi connectivity index (χ1v) is 7.22. The zero-order valence-corrected chi connectivity index (χ0v) is 12.4. The van der Waals surface area contributed by atoms with Gasteiger partial charge in [0.1, 0.15) is 0 Å². The molecule has 1 fully saturated rings. The van der Waals surface area contributed by atoms with Crippen LogP contribution in [0, 0.1) is 6.92 Å². The van der Waals surface area contributed by atoms with Gasteiger partial charge in [-0.05, 0) is 50.1 Å². The number of aliphatic hydroxyl groups is 1. The molecule has 1 aromatic carbocycles. The minimum atomic E-state index is -0.480. The Morgan fingerprint density at radius 2 is 2.00 bits per heavy atom. The average Bonchev–Trinajstić information content (AvgIpc) is 2.78. The fourth-order valence-electron chi connectivity index (χ4n) is 3.03. The van der Waals surface area contributed by atoms with Crippen molar-refractivity contribution in [3.05, 3.63) is 29.3 Å². The number of benzene rings is 1. The van der Waals surface area contributed by atoms with Crippen molar-refractivity contribution in [2.75, 3.05) is 25.5 Å². The van der Waals surface area contributed by atoms with Gasteiger partial charge in [-0.15, -0.1) is 0 Å². The van der Waals surface area contributed by atoms with Crippen LogP contribution in [0.3, 0.4) is 0 Å². The van der Waals surface area contributed by atoms with Crippen LogP contribution in [0.5, 0.6) is 0 Å². The molecule has 106 valence electrons. The van der Waals surface area contributed by atoms with Crippen molar-refractivity contribution < 1.29 is 5.11 Å². The van der Waals surface area contributed by atoms with Gasteiger partial charge in [-0.2, -0.15) is 0 Å². The molecule has 3 heteroatoms. The lowest BCUT2D eigenvalue weighted by atomic mass is 10.0. The Labute approximate surface area is 116 Å². The highest BCUT2D eigenvalue weighted by Crippen LogP contribution is 2.31. The molecule has 2 rings (SSSR count). The molecule has 0 unspecified atom stereocenters. The maximum atomic E-state index is 10.5. The van der Waals surface area contributed by atoms with Gasteiger partial charge in [0.25, 0.3) is 0 Å². The first-order valence-electron chi connectivity index (χ1n) is 7.22. The van der Waals surface area contributed by atoms with Gasteiger partial charge < -0.3 is 15.3 Å². The summed E-state index contributed by atoms with van der Waals surface area (Å²) >= 11 is 0. The first-order chi connectivity index (χ1) is 9.04. The van der Waals surface area contributed by atoms with Gasteiger partial charge in [-0.1, -0.05) is 18.9 Å². The number of hydrogen-bond donors (Lipinski definition) is 2. The molecule has 0 bridgehead atoms. The summed E-state index contributed by atoms with van der Waals surface area (Å²) in [7, 11) is 4.04. The Hall–Kier alpha value is -1.06. The largest absolute Gasteiger partial charge is 0.388 e. The van der Waals surface area contributed by atoms with Gasteiger partial charge in [0, 0.05) is 25.8 Å². The topological polar surface area (TPSA) is 35.5 Å². The van der Waals surface area contributed by atoms with E-state index in [1.807, 2.05) is 7.05 Å². The molecule has 1 aliphatic rings. The summed E-state index contributed by atoms with van der Waals surface area (Å²) in [6.07, 6.45) is 4.19. The zero-order valence-electron chi connectivity index (χ0n) is 12.4. The Bertz CT molecular complexity index is 425. The summed E-state index contributed by atoms with van der Waals surface area (Å²) in [5.74, 6) is 0. The van der Waals surface area contributed by atoms with Crippen molar-refractivity contribution in [3.8, 4) is 0 Å². The fraction of sp³-hybridized carbons (Fsp3) is 0.625. The third-order valence-electron chi connectivity index (χ3n) is 4.20. The maximum Gasteiger partial charge on any atom is 0.0821 e. The molecule has 0 radical (unpaired) electrons. The van der Waals surface area contributed by atoms with Crippen molar-refractivity contribution in [1.29, 1.82) is 0 Å². The van der Waals surface area contributed by atoms with Crippen LogP contribution in [-0.4, -0.2) is 31.3 Å². The van der Waals surface area contributed by atoms with Crippen molar-refractivity contribution in [2.24, 2.45) is 0 Å². The van der Waals surface area contributed by atoms with E-state index in [2.05, 4.69) is 42.4 Å². The monoisotopic (exact) mass is 262 g/mol. The molecule has 2 N–H and O–H groups in total. The van der Waals surface area contributed by atoms with Gasteiger partial charge >= 0.3 is 0 Å². The summed E-state index contributed by atoms with van der Waals surface area (Å²) in [6, 6.07) is 6.54.